The molecular formula is C17H26ClFN2O2. The summed E-state index contributed by atoms with van der Waals surface area (Å²) >= 11 is 0. The molecule has 0 aromatic heterocycles. The maximum Gasteiger partial charge on any atom is 0.227 e. The number of hydrogen-bond donors (Lipinski definition) is 2. The van der Waals surface area contributed by atoms with Crippen LogP contribution in [-0.4, -0.2) is 32.2 Å². The molecular weight excluding hydrogens is 319 g/mol. The Kier molecular flexibility index (Phi) is 6.99. The van der Waals surface area contributed by atoms with Crippen LogP contribution in [0, 0.1) is 11.2 Å². The lowest BCUT2D eigenvalue weighted by atomic mass is 9.78. The van der Waals surface area contributed by atoms with Gasteiger partial charge in [0.05, 0.1) is 5.41 Å². The van der Waals surface area contributed by atoms with Crippen LogP contribution in [0.1, 0.15) is 32.3 Å². The lowest BCUT2D eigenvalue weighted by molar-refractivity contribution is -0.136. The summed E-state index contributed by atoms with van der Waals surface area (Å²) in [6.45, 7) is 5.87. The summed E-state index contributed by atoms with van der Waals surface area (Å²) in [5.41, 5.74) is 5.83. The molecule has 0 aliphatic carbocycles. The summed E-state index contributed by atoms with van der Waals surface area (Å²) in [7, 11) is 0. The molecule has 1 aromatic carbocycles. The lowest BCUT2D eigenvalue weighted by Gasteiger charge is -2.36. The van der Waals surface area contributed by atoms with Crippen molar-refractivity contribution in [3.63, 3.8) is 0 Å². The topological polar surface area (TPSA) is 64.4 Å². The van der Waals surface area contributed by atoms with Gasteiger partial charge in [-0.2, -0.15) is 0 Å². The van der Waals surface area contributed by atoms with Crippen molar-refractivity contribution in [1.82, 2.24) is 5.32 Å². The molecule has 1 fully saturated rings. The number of carbonyl (C=O) groups is 1. The molecule has 0 atom stereocenters. The van der Waals surface area contributed by atoms with E-state index in [4.69, 9.17) is 10.5 Å². The molecule has 1 aromatic rings. The van der Waals surface area contributed by atoms with Gasteiger partial charge in [0.25, 0.3) is 0 Å². The molecule has 1 saturated heterocycles. The van der Waals surface area contributed by atoms with E-state index >= 15 is 0 Å². The van der Waals surface area contributed by atoms with Crippen molar-refractivity contribution in [2.45, 2.75) is 32.1 Å². The van der Waals surface area contributed by atoms with Gasteiger partial charge in [0, 0.05) is 31.7 Å². The Bertz CT molecular complexity index is 531. The fourth-order valence-electron chi connectivity index (χ4n) is 2.79. The van der Waals surface area contributed by atoms with Crippen molar-refractivity contribution in [1.29, 1.82) is 0 Å². The number of rotatable bonds is 5. The number of halogens is 2. The monoisotopic (exact) mass is 344 g/mol. The summed E-state index contributed by atoms with van der Waals surface area (Å²) in [4.78, 5) is 12.6. The van der Waals surface area contributed by atoms with Crippen LogP contribution in [-0.2, 0) is 14.9 Å². The van der Waals surface area contributed by atoms with E-state index in [0.29, 0.717) is 39.1 Å². The molecule has 3 N–H and O–H groups in total. The van der Waals surface area contributed by atoms with Crippen LogP contribution >= 0.6 is 12.4 Å². The van der Waals surface area contributed by atoms with Gasteiger partial charge in [-0.3, -0.25) is 4.79 Å². The summed E-state index contributed by atoms with van der Waals surface area (Å²) in [5.74, 6) is -0.289. The standard InChI is InChI=1S/C17H25FN2O2.ClH/c1-16(2,13-4-3-5-14(18)10-13)12-20-15(21)17(11-19)6-8-22-9-7-17;/h3-5,10H,6-9,11-12,19H2,1-2H3,(H,20,21);1H. The Morgan fingerprint density at radius 3 is 2.61 bits per heavy atom. The smallest absolute Gasteiger partial charge is 0.227 e. The maximum absolute atomic E-state index is 13.4. The number of benzene rings is 1. The summed E-state index contributed by atoms with van der Waals surface area (Å²) < 4.78 is 18.7. The molecule has 4 nitrogen and oxygen atoms in total. The highest BCUT2D eigenvalue weighted by Crippen LogP contribution is 2.30. The van der Waals surface area contributed by atoms with E-state index < -0.39 is 5.41 Å². The number of nitrogens with one attached hydrogen (secondary N) is 1. The average Bonchev–Trinajstić information content (AvgIpc) is 2.53. The van der Waals surface area contributed by atoms with Gasteiger partial charge in [-0.1, -0.05) is 26.0 Å². The van der Waals surface area contributed by atoms with E-state index in [1.165, 1.54) is 12.1 Å². The Hall–Kier alpha value is -1.17. The quantitative estimate of drug-likeness (QED) is 0.862. The van der Waals surface area contributed by atoms with Gasteiger partial charge in [0.2, 0.25) is 5.91 Å². The van der Waals surface area contributed by atoms with Gasteiger partial charge >= 0.3 is 0 Å². The number of nitrogens with two attached hydrogens (primary N) is 1. The second-order valence-electron chi connectivity index (χ2n) is 6.67. The highest BCUT2D eigenvalue weighted by atomic mass is 35.5. The Labute approximate surface area is 143 Å². The summed E-state index contributed by atoms with van der Waals surface area (Å²) in [6.07, 6.45) is 1.30. The number of amides is 1. The molecule has 1 aliphatic rings. The van der Waals surface area contributed by atoms with Crippen LogP contribution in [0.25, 0.3) is 0 Å². The SMILES string of the molecule is CC(C)(CNC(=O)C1(CN)CCOCC1)c1cccc(F)c1.Cl. The first-order chi connectivity index (χ1) is 10.4. The van der Waals surface area contributed by atoms with Crippen LogP contribution in [0.5, 0.6) is 0 Å². The molecule has 0 unspecified atom stereocenters. The first-order valence-electron chi connectivity index (χ1n) is 7.72. The van der Waals surface area contributed by atoms with Crippen molar-refractivity contribution >= 4 is 18.3 Å². The van der Waals surface area contributed by atoms with E-state index in [1.807, 2.05) is 19.9 Å². The predicted octanol–water partition coefficient (Wildman–Crippen LogP) is 2.40. The third-order valence-electron chi connectivity index (χ3n) is 4.62. The fraction of sp³-hybridized carbons (Fsp3) is 0.588. The molecule has 6 heteroatoms. The molecule has 2 rings (SSSR count). The van der Waals surface area contributed by atoms with E-state index in [1.54, 1.807) is 6.07 Å². The van der Waals surface area contributed by atoms with Crippen LogP contribution in [0.15, 0.2) is 24.3 Å². The summed E-state index contributed by atoms with van der Waals surface area (Å²) in [5, 5.41) is 3.01. The Balaban J connectivity index is 0.00000264. The zero-order chi connectivity index (χ0) is 16.2. The minimum Gasteiger partial charge on any atom is -0.381 e. The lowest BCUT2D eigenvalue weighted by Crippen LogP contribution is -2.51. The second kappa shape index (κ2) is 8.08. The van der Waals surface area contributed by atoms with Crippen molar-refractivity contribution in [2.24, 2.45) is 11.1 Å². The third kappa shape index (κ3) is 4.66. The molecule has 1 aliphatic heterocycles. The molecule has 130 valence electrons. The molecule has 0 bridgehead atoms. The van der Waals surface area contributed by atoms with Gasteiger partial charge in [-0.15, -0.1) is 12.4 Å². The minimum atomic E-state index is -0.531. The van der Waals surface area contributed by atoms with E-state index in [0.717, 1.165) is 5.56 Å². The number of carbonyl (C=O) groups excluding carboxylic acids is 1. The van der Waals surface area contributed by atoms with Gasteiger partial charge in [-0.25, -0.2) is 4.39 Å². The minimum absolute atomic E-state index is 0. The maximum atomic E-state index is 13.4. The first-order valence-corrected chi connectivity index (χ1v) is 7.72. The zero-order valence-corrected chi connectivity index (χ0v) is 14.5. The fourth-order valence-corrected chi connectivity index (χ4v) is 2.79. The highest BCUT2D eigenvalue weighted by Gasteiger charge is 2.39. The van der Waals surface area contributed by atoms with Crippen LogP contribution < -0.4 is 11.1 Å². The van der Waals surface area contributed by atoms with E-state index in [-0.39, 0.29) is 29.5 Å². The Morgan fingerprint density at radius 2 is 2.04 bits per heavy atom. The van der Waals surface area contributed by atoms with E-state index in [2.05, 4.69) is 5.32 Å². The normalized spacial score (nSPS) is 17.2. The molecule has 0 spiro atoms. The van der Waals surface area contributed by atoms with Crippen LogP contribution in [0.3, 0.4) is 0 Å². The summed E-state index contributed by atoms with van der Waals surface area (Å²) in [6, 6.07) is 6.50. The predicted molar refractivity (Wildman–Crippen MR) is 91.2 cm³/mol. The first kappa shape index (κ1) is 19.9. The Morgan fingerprint density at radius 1 is 1.39 bits per heavy atom. The second-order valence-corrected chi connectivity index (χ2v) is 6.67. The molecule has 1 heterocycles. The van der Waals surface area contributed by atoms with Crippen LogP contribution in [0.4, 0.5) is 4.39 Å². The molecule has 23 heavy (non-hydrogen) atoms. The van der Waals surface area contributed by atoms with E-state index in [9.17, 15) is 9.18 Å². The largest absolute Gasteiger partial charge is 0.381 e. The molecule has 0 radical (unpaired) electrons. The van der Waals surface area contributed by atoms with Crippen molar-refractivity contribution in [2.75, 3.05) is 26.3 Å². The molecule has 0 saturated carbocycles. The average molecular weight is 345 g/mol. The van der Waals surface area contributed by atoms with Gasteiger partial charge in [0.15, 0.2) is 0 Å². The highest BCUT2D eigenvalue weighted by molar-refractivity contribution is 5.85. The van der Waals surface area contributed by atoms with Gasteiger partial charge in [0.1, 0.15) is 5.82 Å². The third-order valence-corrected chi connectivity index (χ3v) is 4.62. The number of ether oxygens (including phenoxy) is 1. The van der Waals surface area contributed by atoms with Crippen molar-refractivity contribution in [3.8, 4) is 0 Å². The van der Waals surface area contributed by atoms with Gasteiger partial charge in [-0.05, 0) is 30.5 Å². The van der Waals surface area contributed by atoms with Crippen molar-refractivity contribution < 1.29 is 13.9 Å². The zero-order valence-electron chi connectivity index (χ0n) is 13.7. The van der Waals surface area contributed by atoms with Gasteiger partial charge < -0.3 is 15.8 Å². The van der Waals surface area contributed by atoms with Crippen molar-refractivity contribution in [3.05, 3.63) is 35.6 Å². The molecule has 1 amide bonds. The van der Waals surface area contributed by atoms with Crippen LogP contribution in [0.2, 0.25) is 0 Å². The number of hydrogen-bond acceptors (Lipinski definition) is 3.